The van der Waals surface area contributed by atoms with Crippen LogP contribution in [0.1, 0.15) is 30.8 Å². The van der Waals surface area contributed by atoms with Crippen molar-refractivity contribution in [1.82, 2.24) is 10.3 Å². The summed E-state index contributed by atoms with van der Waals surface area (Å²) in [6, 6.07) is 13.1. The number of benzene rings is 2. The Balaban J connectivity index is 1.55. The molecule has 9 heteroatoms. The number of sulfonamides is 1. The van der Waals surface area contributed by atoms with Crippen molar-refractivity contribution in [3.8, 4) is 11.3 Å². The van der Waals surface area contributed by atoms with Gasteiger partial charge in [0, 0.05) is 18.4 Å². The lowest BCUT2D eigenvalue weighted by Gasteiger charge is -2.14. The average Bonchev–Trinajstić information content (AvgIpc) is 3.15. The van der Waals surface area contributed by atoms with Crippen LogP contribution in [0.5, 0.6) is 0 Å². The monoisotopic (exact) mass is 433 g/mol. The largest absolute Gasteiger partial charge is 0.441 e. The molecule has 7 nitrogen and oxygen atoms in total. The highest BCUT2D eigenvalue weighted by molar-refractivity contribution is 7.89. The van der Waals surface area contributed by atoms with Crippen LogP contribution in [-0.2, 0) is 21.2 Å². The molecule has 3 N–H and O–H groups in total. The first-order valence-electron chi connectivity index (χ1n) is 8.86. The zero-order valence-corrected chi connectivity index (χ0v) is 17.2. The summed E-state index contributed by atoms with van der Waals surface area (Å²) < 4.78 is 28.3. The second-order valence-corrected chi connectivity index (χ2v) is 8.47. The Kier molecular flexibility index (Phi) is 6.36. The van der Waals surface area contributed by atoms with Gasteiger partial charge < -0.3 is 9.73 Å². The van der Waals surface area contributed by atoms with E-state index in [4.69, 9.17) is 21.2 Å². The molecule has 0 unspecified atom stereocenters. The van der Waals surface area contributed by atoms with Crippen LogP contribution in [-0.4, -0.2) is 19.3 Å². The Hall–Kier alpha value is -2.68. The van der Waals surface area contributed by atoms with Crippen LogP contribution in [0.4, 0.5) is 0 Å². The lowest BCUT2D eigenvalue weighted by molar-refractivity contribution is -0.121. The number of carbonyl (C=O) groups is 1. The fraction of sp³-hybridized carbons (Fsp3) is 0.200. The standard InChI is InChI=1S/C20H20ClN3O4S/c1-13(14-6-8-15(9-7-14)29(22,26)27)24-19(25)10-11-20-23-12-18(28-20)16-4-2-3-5-17(16)21/h2-9,12-13H,10-11H2,1H3,(H,24,25)(H2,22,26,27)/t13-/m1/s1. The minimum Gasteiger partial charge on any atom is -0.441 e. The Labute approximate surface area is 173 Å². The first-order chi connectivity index (χ1) is 13.7. The molecule has 0 aliphatic heterocycles. The van der Waals surface area contributed by atoms with Gasteiger partial charge in [0.05, 0.1) is 22.2 Å². The number of rotatable bonds is 7. The lowest BCUT2D eigenvalue weighted by atomic mass is 10.1. The number of halogens is 1. The third-order valence-electron chi connectivity index (χ3n) is 4.34. The molecule has 1 aromatic heterocycles. The van der Waals surface area contributed by atoms with E-state index >= 15 is 0 Å². The van der Waals surface area contributed by atoms with Crippen LogP contribution in [0, 0.1) is 0 Å². The summed E-state index contributed by atoms with van der Waals surface area (Å²) in [4.78, 5) is 16.5. The van der Waals surface area contributed by atoms with Gasteiger partial charge in [0.25, 0.3) is 0 Å². The van der Waals surface area contributed by atoms with Crippen LogP contribution in [0.3, 0.4) is 0 Å². The van der Waals surface area contributed by atoms with Gasteiger partial charge in [-0.25, -0.2) is 18.5 Å². The topological polar surface area (TPSA) is 115 Å². The molecule has 1 amide bonds. The first-order valence-corrected chi connectivity index (χ1v) is 10.8. The van der Waals surface area contributed by atoms with Gasteiger partial charge in [-0.15, -0.1) is 0 Å². The molecule has 29 heavy (non-hydrogen) atoms. The van der Waals surface area contributed by atoms with Crippen LogP contribution in [0.15, 0.2) is 64.0 Å². The van der Waals surface area contributed by atoms with E-state index in [0.717, 1.165) is 11.1 Å². The molecule has 0 aliphatic carbocycles. The van der Waals surface area contributed by atoms with Crippen molar-refractivity contribution in [2.75, 3.05) is 0 Å². The SMILES string of the molecule is C[C@@H](NC(=O)CCc1ncc(-c2ccccc2Cl)o1)c1ccc(S(N)(=O)=O)cc1. The smallest absolute Gasteiger partial charge is 0.238 e. The lowest BCUT2D eigenvalue weighted by Crippen LogP contribution is -2.26. The van der Waals surface area contributed by atoms with Gasteiger partial charge in [-0.05, 0) is 36.8 Å². The maximum Gasteiger partial charge on any atom is 0.238 e. The van der Waals surface area contributed by atoms with E-state index in [0.29, 0.717) is 23.1 Å². The van der Waals surface area contributed by atoms with Crippen molar-refractivity contribution >= 4 is 27.5 Å². The number of hydrogen-bond acceptors (Lipinski definition) is 5. The molecule has 152 valence electrons. The van der Waals surface area contributed by atoms with E-state index in [1.807, 2.05) is 25.1 Å². The van der Waals surface area contributed by atoms with E-state index < -0.39 is 10.0 Å². The van der Waals surface area contributed by atoms with E-state index in [1.54, 1.807) is 24.4 Å². The van der Waals surface area contributed by atoms with Gasteiger partial charge in [-0.1, -0.05) is 35.9 Å². The fourth-order valence-electron chi connectivity index (χ4n) is 2.78. The number of aromatic nitrogens is 1. The maximum absolute atomic E-state index is 12.2. The molecule has 1 heterocycles. The molecule has 3 aromatic rings. The van der Waals surface area contributed by atoms with Gasteiger partial charge >= 0.3 is 0 Å². The number of nitrogens with one attached hydrogen (secondary N) is 1. The first kappa shape index (κ1) is 21.0. The molecular weight excluding hydrogens is 414 g/mol. The Bertz CT molecular complexity index is 1110. The number of hydrogen-bond donors (Lipinski definition) is 2. The molecular formula is C20H20ClN3O4S. The number of oxazole rings is 1. The van der Waals surface area contributed by atoms with Gasteiger partial charge in [-0.3, -0.25) is 4.79 Å². The minimum atomic E-state index is -3.74. The minimum absolute atomic E-state index is 0.0259. The van der Waals surface area contributed by atoms with Crippen molar-refractivity contribution in [2.24, 2.45) is 5.14 Å². The fourth-order valence-corrected chi connectivity index (χ4v) is 3.52. The second-order valence-electron chi connectivity index (χ2n) is 6.50. The average molecular weight is 434 g/mol. The Morgan fingerprint density at radius 3 is 2.55 bits per heavy atom. The third-order valence-corrected chi connectivity index (χ3v) is 5.60. The molecule has 0 saturated carbocycles. The third kappa shape index (κ3) is 5.44. The van der Waals surface area contributed by atoms with Gasteiger partial charge in [0.15, 0.2) is 11.7 Å². The van der Waals surface area contributed by atoms with Crippen molar-refractivity contribution in [3.05, 3.63) is 71.2 Å². The number of nitrogens with zero attached hydrogens (tertiary/aromatic N) is 1. The van der Waals surface area contributed by atoms with E-state index in [-0.39, 0.29) is 23.3 Å². The van der Waals surface area contributed by atoms with Crippen LogP contribution < -0.4 is 10.5 Å². The summed E-state index contributed by atoms with van der Waals surface area (Å²) in [5.41, 5.74) is 1.51. The molecule has 0 radical (unpaired) electrons. The highest BCUT2D eigenvalue weighted by atomic mass is 35.5. The predicted octanol–water partition coefficient (Wildman–Crippen LogP) is 3.45. The maximum atomic E-state index is 12.2. The molecule has 3 rings (SSSR count). The molecule has 0 bridgehead atoms. The molecule has 1 atom stereocenters. The predicted molar refractivity (Wildman–Crippen MR) is 110 cm³/mol. The number of carbonyl (C=O) groups excluding carboxylic acids is 1. The van der Waals surface area contributed by atoms with Crippen LogP contribution >= 0.6 is 11.6 Å². The molecule has 0 fully saturated rings. The summed E-state index contributed by atoms with van der Waals surface area (Å²) in [6.07, 6.45) is 2.12. The van der Waals surface area contributed by atoms with E-state index in [9.17, 15) is 13.2 Å². The quantitative estimate of drug-likeness (QED) is 0.592. The summed E-state index contributed by atoms with van der Waals surface area (Å²) >= 11 is 6.15. The van der Waals surface area contributed by atoms with Crippen molar-refractivity contribution in [1.29, 1.82) is 0 Å². The van der Waals surface area contributed by atoms with Gasteiger partial charge in [-0.2, -0.15) is 0 Å². The summed E-state index contributed by atoms with van der Waals surface area (Å²) in [5, 5.41) is 8.51. The zero-order valence-electron chi connectivity index (χ0n) is 15.6. The summed E-state index contributed by atoms with van der Waals surface area (Å²) in [6.45, 7) is 1.81. The van der Waals surface area contributed by atoms with Gasteiger partial charge in [0.2, 0.25) is 15.9 Å². The van der Waals surface area contributed by atoms with Crippen LogP contribution in [0.2, 0.25) is 5.02 Å². The molecule has 0 aliphatic rings. The second kappa shape index (κ2) is 8.77. The molecule has 0 saturated heterocycles. The Morgan fingerprint density at radius 2 is 1.90 bits per heavy atom. The van der Waals surface area contributed by atoms with E-state index in [2.05, 4.69) is 10.3 Å². The number of nitrogens with two attached hydrogens (primary N) is 1. The zero-order chi connectivity index (χ0) is 21.0. The van der Waals surface area contributed by atoms with Crippen molar-refractivity contribution in [2.45, 2.75) is 30.7 Å². The van der Waals surface area contributed by atoms with Gasteiger partial charge in [0.1, 0.15) is 0 Å². The highest BCUT2D eigenvalue weighted by Gasteiger charge is 2.14. The summed E-state index contributed by atoms with van der Waals surface area (Å²) in [7, 11) is -3.74. The number of primary sulfonamides is 1. The van der Waals surface area contributed by atoms with E-state index in [1.165, 1.54) is 12.1 Å². The number of aryl methyl sites for hydroxylation is 1. The Morgan fingerprint density at radius 1 is 1.21 bits per heavy atom. The van der Waals surface area contributed by atoms with Crippen molar-refractivity contribution < 1.29 is 17.6 Å². The van der Waals surface area contributed by atoms with Crippen molar-refractivity contribution in [3.63, 3.8) is 0 Å². The number of amides is 1. The molecule has 0 spiro atoms. The highest BCUT2D eigenvalue weighted by Crippen LogP contribution is 2.28. The normalized spacial score (nSPS) is 12.5. The van der Waals surface area contributed by atoms with Crippen LogP contribution in [0.25, 0.3) is 11.3 Å². The molecule has 2 aromatic carbocycles. The summed E-state index contributed by atoms with van der Waals surface area (Å²) in [5.74, 6) is 0.820.